The number of nitrogens with zero attached hydrogens (tertiary/aromatic N) is 2. The van der Waals surface area contributed by atoms with Gasteiger partial charge in [0.25, 0.3) is 5.56 Å². The lowest BCUT2D eigenvalue weighted by atomic mass is 10.3. The Hall–Kier alpha value is -1.98. The van der Waals surface area contributed by atoms with E-state index in [1.165, 1.54) is 24.6 Å². The first-order chi connectivity index (χ1) is 8.82. The minimum Gasteiger partial charge on any atom is -0.300 e. The third kappa shape index (κ3) is 4.01. The Morgan fingerprint density at radius 3 is 2.11 bits per heavy atom. The zero-order valence-electron chi connectivity index (χ0n) is 11.4. The number of carbonyl (C=O) groups is 2. The highest BCUT2D eigenvalue weighted by Gasteiger charge is 2.09. The minimum atomic E-state index is -0.474. The van der Waals surface area contributed by atoms with Gasteiger partial charge in [0.05, 0.1) is 0 Å². The second-order valence-corrected chi connectivity index (χ2v) is 4.65. The molecule has 0 bridgehead atoms. The van der Waals surface area contributed by atoms with Gasteiger partial charge in [-0.05, 0) is 20.8 Å². The predicted octanol–water partition coefficient (Wildman–Crippen LogP) is 0.277. The van der Waals surface area contributed by atoms with Gasteiger partial charge >= 0.3 is 5.69 Å². The summed E-state index contributed by atoms with van der Waals surface area (Å²) in [4.78, 5) is 45.8. The van der Waals surface area contributed by atoms with Crippen LogP contribution in [0.1, 0.15) is 32.3 Å². The maximum Gasteiger partial charge on any atom is 0.330 e. The van der Waals surface area contributed by atoms with Crippen molar-refractivity contribution in [3.05, 3.63) is 32.6 Å². The molecule has 0 aliphatic heterocycles. The van der Waals surface area contributed by atoms with E-state index in [-0.39, 0.29) is 43.1 Å². The lowest BCUT2D eigenvalue weighted by Gasteiger charge is -2.10. The van der Waals surface area contributed by atoms with Crippen LogP contribution in [0.25, 0.3) is 0 Å². The maximum atomic E-state index is 12.1. The molecule has 0 fully saturated rings. The standard InChI is InChI=1S/C13H18N2O4/c1-9-8-14(6-4-10(2)16)13(19)15(12(9)18)7-5-11(3)17/h8H,4-7H2,1-3H3. The van der Waals surface area contributed by atoms with Crippen molar-refractivity contribution in [3.8, 4) is 0 Å². The molecule has 19 heavy (non-hydrogen) atoms. The highest BCUT2D eigenvalue weighted by Crippen LogP contribution is 1.93. The quantitative estimate of drug-likeness (QED) is 0.740. The predicted molar refractivity (Wildman–Crippen MR) is 70.3 cm³/mol. The number of aromatic nitrogens is 2. The molecule has 0 spiro atoms. The molecule has 6 heteroatoms. The van der Waals surface area contributed by atoms with Crippen LogP contribution in [-0.2, 0) is 22.7 Å². The van der Waals surface area contributed by atoms with Crippen LogP contribution in [0.3, 0.4) is 0 Å². The molecule has 1 aromatic rings. The van der Waals surface area contributed by atoms with E-state index in [4.69, 9.17) is 0 Å². The van der Waals surface area contributed by atoms with Gasteiger partial charge in [0, 0.05) is 37.7 Å². The van der Waals surface area contributed by atoms with E-state index in [0.717, 1.165) is 4.57 Å². The van der Waals surface area contributed by atoms with Crippen molar-refractivity contribution < 1.29 is 9.59 Å². The van der Waals surface area contributed by atoms with Crippen molar-refractivity contribution in [1.29, 1.82) is 0 Å². The summed E-state index contributed by atoms with van der Waals surface area (Å²) in [5.41, 5.74) is -0.435. The van der Waals surface area contributed by atoms with Crippen molar-refractivity contribution in [1.82, 2.24) is 9.13 Å². The average Bonchev–Trinajstić information content (AvgIpc) is 2.31. The van der Waals surface area contributed by atoms with Crippen LogP contribution in [0.15, 0.2) is 15.8 Å². The van der Waals surface area contributed by atoms with E-state index < -0.39 is 5.69 Å². The summed E-state index contributed by atoms with van der Waals surface area (Å²) < 4.78 is 2.40. The van der Waals surface area contributed by atoms with Gasteiger partial charge in [-0.3, -0.25) is 23.5 Å². The summed E-state index contributed by atoms with van der Waals surface area (Å²) in [6, 6.07) is 0. The summed E-state index contributed by atoms with van der Waals surface area (Å²) in [6.45, 7) is 4.79. The minimum absolute atomic E-state index is 0.0222. The second kappa shape index (κ2) is 6.26. The molecule has 0 unspecified atom stereocenters. The van der Waals surface area contributed by atoms with Gasteiger partial charge < -0.3 is 0 Å². The molecule has 1 heterocycles. The van der Waals surface area contributed by atoms with Gasteiger partial charge in [-0.15, -0.1) is 0 Å². The molecule has 0 radical (unpaired) electrons. The summed E-state index contributed by atoms with van der Waals surface area (Å²) in [5, 5.41) is 0. The first-order valence-corrected chi connectivity index (χ1v) is 6.12. The van der Waals surface area contributed by atoms with Crippen molar-refractivity contribution in [2.45, 2.75) is 46.7 Å². The Kier molecular flexibility index (Phi) is 4.97. The maximum absolute atomic E-state index is 12.1. The van der Waals surface area contributed by atoms with Crippen LogP contribution in [0.5, 0.6) is 0 Å². The van der Waals surface area contributed by atoms with Crippen LogP contribution in [0, 0.1) is 6.92 Å². The van der Waals surface area contributed by atoms with Crippen molar-refractivity contribution in [2.75, 3.05) is 0 Å². The van der Waals surface area contributed by atoms with Crippen molar-refractivity contribution in [3.63, 3.8) is 0 Å². The van der Waals surface area contributed by atoms with Gasteiger partial charge in [-0.2, -0.15) is 0 Å². The highest BCUT2D eigenvalue weighted by atomic mass is 16.2. The normalized spacial score (nSPS) is 10.5. The van der Waals surface area contributed by atoms with Crippen LogP contribution in [-0.4, -0.2) is 20.7 Å². The SMILES string of the molecule is CC(=O)CCn1cc(C)c(=O)n(CCC(C)=O)c1=O. The van der Waals surface area contributed by atoms with E-state index in [1.807, 2.05) is 0 Å². The number of hydrogen-bond acceptors (Lipinski definition) is 4. The molecule has 1 aromatic heterocycles. The van der Waals surface area contributed by atoms with Gasteiger partial charge in [-0.1, -0.05) is 0 Å². The number of aryl methyl sites for hydroxylation is 2. The zero-order chi connectivity index (χ0) is 14.6. The number of ketones is 2. The van der Waals surface area contributed by atoms with Crippen molar-refractivity contribution in [2.24, 2.45) is 0 Å². The van der Waals surface area contributed by atoms with Crippen LogP contribution in [0.2, 0.25) is 0 Å². The summed E-state index contributed by atoms with van der Waals surface area (Å²) >= 11 is 0. The lowest BCUT2D eigenvalue weighted by Crippen LogP contribution is -2.41. The summed E-state index contributed by atoms with van der Waals surface area (Å²) in [6.07, 6.45) is 1.84. The number of Topliss-reactive ketones (excluding diaryl/α,β-unsaturated/α-hetero) is 2. The number of hydrogen-bond donors (Lipinski definition) is 0. The van der Waals surface area contributed by atoms with E-state index >= 15 is 0 Å². The van der Waals surface area contributed by atoms with Crippen LogP contribution >= 0.6 is 0 Å². The molecule has 0 amide bonds. The zero-order valence-corrected chi connectivity index (χ0v) is 11.4. The highest BCUT2D eigenvalue weighted by molar-refractivity contribution is 5.75. The Bertz CT molecular complexity index is 610. The van der Waals surface area contributed by atoms with E-state index in [0.29, 0.717) is 5.56 Å². The van der Waals surface area contributed by atoms with Gasteiger partial charge in [0.1, 0.15) is 11.6 Å². The third-order valence-electron chi connectivity index (χ3n) is 2.80. The van der Waals surface area contributed by atoms with Crippen LogP contribution in [0.4, 0.5) is 0 Å². The second-order valence-electron chi connectivity index (χ2n) is 4.65. The molecule has 0 aliphatic rings. The molecular weight excluding hydrogens is 248 g/mol. The topological polar surface area (TPSA) is 78.1 Å². The van der Waals surface area contributed by atoms with Gasteiger partial charge in [0.15, 0.2) is 0 Å². The first-order valence-electron chi connectivity index (χ1n) is 6.12. The Labute approximate surface area is 110 Å². The van der Waals surface area contributed by atoms with Gasteiger partial charge in [-0.25, -0.2) is 4.79 Å². The molecule has 0 aliphatic carbocycles. The molecule has 0 aromatic carbocycles. The summed E-state index contributed by atoms with van der Waals surface area (Å²) in [5.74, 6) is -0.103. The smallest absolute Gasteiger partial charge is 0.300 e. The molecular formula is C13H18N2O4. The monoisotopic (exact) mass is 266 g/mol. The Morgan fingerprint density at radius 1 is 1.05 bits per heavy atom. The van der Waals surface area contributed by atoms with Crippen LogP contribution < -0.4 is 11.2 Å². The first kappa shape index (κ1) is 15.1. The fourth-order valence-corrected chi connectivity index (χ4v) is 1.70. The van der Waals surface area contributed by atoms with E-state index in [2.05, 4.69) is 0 Å². The van der Waals surface area contributed by atoms with Gasteiger partial charge in [0.2, 0.25) is 0 Å². The molecule has 1 rings (SSSR count). The Morgan fingerprint density at radius 2 is 1.58 bits per heavy atom. The molecule has 104 valence electrons. The molecule has 0 saturated carbocycles. The molecule has 0 atom stereocenters. The van der Waals surface area contributed by atoms with E-state index in [1.54, 1.807) is 6.92 Å². The summed E-state index contributed by atoms with van der Waals surface area (Å²) in [7, 11) is 0. The number of rotatable bonds is 6. The fourth-order valence-electron chi connectivity index (χ4n) is 1.70. The van der Waals surface area contributed by atoms with Crippen molar-refractivity contribution >= 4 is 11.6 Å². The Balaban J connectivity index is 3.15. The molecule has 0 N–H and O–H groups in total. The molecule has 6 nitrogen and oxygen atoms in total. The largest absolute Gasteiger partial charge is 0.330 e. The fraction of sp³-hybridized carbons (Fsp3) is 0.538. The lowest BCUT2D eigenvalue weighted by molar-refractivity contribution is -0.118. The third-order valence-corrected chi connectivity index (χ3v) is 2.80. The number of carbonyl (C=O) groups excluding carboxylic acids is 2. The molecule has 0 saturated heterocycles. The van der Waals surface area contributed by atoms with E-state index in [9.17, 15) is 19.2 Å². The average molecular weight is 266 g/mol.